The molecule has 0 bridgehead atoms. The summed E-state index contributed by atoms with van der Waals surface area (Å²) in [6, 6.07) is 24.3. The first-order valence-corrected chi connectivity index (χ1v) is 22.1. The zero-order valence-corrected chi connectivity index (χ0v) is 38.6. The molecular weight excluding hydrogens is 783 g/mol. The Balaban J connectivity index is 0.000000442. The third-order valence-corrected chi connectivity index (χ3v) is 10.2. The van der Waals surface area contributed by atoms with Crippen molar-refractivity contribution in [3.05, 3.63) is 95.6 Å². The van der Waals surface area contributed by atoms with Crippen molar-refractivity contribution >= 4 is 46.5 Å². The molecule has 0 saturated carbocycles. The lowest BCUT2D eigenvalue weighted by Crippen LogP contribution is -2.45. The predicted molar refractivity (Wildman–Crippen MR) is 249 cm³/mol. The number of anilines is 2. The van der Waals surface area contributed by atoms with E-state index in [9.17, 15) is 28.8 Å². The maximum atomic E-state index is 13.4. The van der Waals surface area contributed by atoms with Crippen LogP contribution in [0, 0.1) is 17.8 Å². The van der Waals surface area contributed by atoms with Gasteiger partial charge in [-0.3, -0.25) is 24.0 Å². The lowest BCUT2D eigenvalue weighted by Gasteiger charge is -2.24. The van der Waals surface area contributed by atoms with Crippen LogP contribution in [-0.4, -0.2) is 65.8 Å². The van der Waals surface area contributed by atoms with Crippen LogP contribution in [0.5, 0.6) is 0 Å². The largest absolute Gasteiger partial charge is 0.461 e. The molecule has 0 aromatic heterocycles. The third-order valence-electron chi connectivity index (χ3n) is 10.2. The SMILES string of the molecule is CC(=O)CCc1ccc(NC(=O)[C@H](CCCCN)CC(=O)[C@H](Cc2ccccc2)NC(C)C)cc1.CC(=O)OCc1ccc(NC(=O)[C@H](C)CC(=O)[C@@H](NC(C)C)C(C)C)cc1. The second-order valence-corrected chi connectivity index (χ2v) is 17.2. The summed E-state index contributed by atoms with van der Waals surface area (Å²) in [5.41, 5.74) is 9.98. The number of nitrogens with one attached hydrogen (secondary N) is 4. The number of nitrogens with two attached hydrogens (primary N) is 1. The van der Waals surface area contributed by atoms with Crippen molar-refractivity contribution in [3.63, 3.8) is 0 Å². The monoisotopic (exact) mass is 856 g/mol. The standard InChI is InChI=1S/C29H41N3O3.C21H32N2O4/c1-21(2)31-27(19-24-9-5-4-6-10-24)28(34)20-25(11-7-8-18-30)29(35)32-26-16-14-23(15-17-26)13-12-22(3)33;1-13(2)20(22-14(3)4)19(25)11-15(5)21(26)23-18-9-7-17(8-10-18)12-27-16(6)24/h4-6,9-10,14-17,21,25,27,31H,7-8,11-13,18-20,30H2,1-3H3,(H,32,35);7-10,13-15,20,22H,11-12H2,1-6H3,(H,23,26)/t25-,27+;15-,20+/m11/s1. The molecule has 0 fully saturated rings. The van der Waals surface area contributed by atoms with E-state index in [1.54, 1.807) is 38.1 Å². The Morgan fingerprint density at radius 2 is 1.19 bits per heavy atom. The van der Waals surface area contributed by atoms with Crippen molar-refractivity contribution in [2.45, 2.75) is 144 Å². The van der Waals surface area contributed by atoms with Gasteiger partial charge in [-0.1, -0.05) is 109 Å². The number of hydrogen-bond acceptors (Lipinski definition) is 10. The molecule has 2 amide bonds. The Hall–Kier alpha value is -5.04. The fourth-order valence-corrected chi connectivity index (χ4v) is 6.76. The van der Waals surface area contributed by atoms with Gasteiger partial charge >= 0.3 is 5.97 Å². The molecule has 4 atom stereocenters. The van der Waals surface area contributed by atoms with Crippen molar-refractivity contribution in [2.24, 2.45) is 23.5 Å². The number of amides is 2. The number of unbranched alkanes of at least 4 members (excludes halogenated alkanes) is 1. The highest BCUT2D eigenvalue weighted by Crippen LogP contribution is 2.21. The third kappa shape index (κ3) is 21.7. The summed E-state index contributed by atoms with van der Waals surface area (Å²) < 4.78 is 4.93. The summed E-state index contributed by atoms with van der Waals surface area (Å²) in [4.78, 5) is 73.6. The van der Waals surface area contributed by atoms with E-state index >= 15 is 0 Å². The molecule has 0 spiro atoms. The van der Waals surface area contributed by atoms with Gasteiger partial charge in [0.2, 0.25) is 11.8 Å². The molecule has 0 unspecified atom stereocenters. The van der Waals surface area contributed by atoms with Gasteiger partial charge in [0.25, 0.3) is 0 Å². The van der Waals surface area contributed by atoms with Crippen LogP contribution in [0.25, 0.3) is 0 Å². The van der Waals surface area contributed by atoms with E-state index < -0.39 is 11.8 Å². The smallest absolute Gasteiger partial charge is 0.302 e. The van der Waals surface area contributed by atoms with Gasteiger partial charge in [-0.15, -0.1) is 0 Å². The molecule has 3 aromatic carbocycles. The molecule has 0 aliphatic carbocycles. The zero-order chi connectivity index (χ0) is 46.2. The van der Waals surface area contributed by atoms with E-state index in [0.29, 0.717) is 43.6 Å². The maximum Gasteiger partial charge on any atom is 0.302 e. The first-order chi connectivity index (χ1) is 29.4. The topological polar surface area (TPSA) is 186 Å². The van der Waals surface area contributed by atoms with Gasteiger partial charge in [0, 0.05) is 61.5 Å². The Bertz CT molecular complexity index is 1830. The Kier molecular flexibility index (Phi) is 24.4. The fraction of sp³-hybridized carbons (Fsp3) is 0.520. The van der Waals surface area contributed by atoms with Gasteiger partial charge in [-0.25, -0.2) is 0 Å². The molecular formula is C50H73N5O7. The van der Waals surface area contributed by atoms with Crippen molar-refractivity contribution < 1.29 is 33.5 Å². The summed E-state index contributed by atoms with van der Waals surface area (Å²) in [5, 5.41) is 12.5. The molecule has 3 rings (SSSR count). The second kappa shape index (κ2) is 28.5. The molecule has 0 aliphatic heterocycles. The quantitative estimate of drug-likeness (QED) is 0.0395. The summed E-state index contributed by atoms with van der Waals surface area (Å²) in [5.74, 6) is -1.08. The molecule has 0 radical (unpaired) electrons. The minimum Gasteiger partial charge on any atom is -0.461 e. The van der Waals surface area contributed by atoms with Crippen molar-refractivity contribution in [3.8, 4) is 0 Å². The van der Waals surface area contributed by atoms with Crippen molar-refractivity contribution in [2.75, 3.05) is 17.2 Å². The summed E-state index contributed by atoms with van der Waals surface area (Å²) >= 11 is 0. The Morgan fingerprint density at radius 3 is 1.71 bits per heavy atom. The van der Waals surface area contributed by atoms with Gasteiger partial charge in [0.1, 0.15) is 12.4 Å². The molecule has 0 aliphatic rings. The molecule has 62 heavy (non-hydrogen) atoms. The van der Waals surface area contributed by atoms with E-state index in [2.05, 4.69) is 21.3 Å². The van der Waals surface area contributed by atoms with Crippen LogP contribution in [0.4, 0.5) is 11.4 Å². The highest BCUT2D eigenvalue weighted by molar-refractivity contribution is 5.97. The maximum absolute atomic E-state index is 13.4. The fourth-order valence-electron chi connectivity index (χ4n) is 6.76. The number of aryl methyl sites for hydroxylation is 1. The average Bonchev–Trinajstić information content (AvgIpc) is 3.21. The number of Topliss-reactive ketones (excluding diaryl/α,β-unsaturated/α-hetero) is 3. The van der Waals surface area contributed by atoms with E-state index in [1.165, 1.54) is 6.92 Å². The van der Waals surface area contributed by atoms with Crippen molar-refractivity contribution in [1.82, 2.24) is 10.6 Å². The molecule has 12 heteroatoms. The van der Waals surface area contributed by atoms with Crippen molar-refractivity contribution in [1.29, 1.82) is 0 Å². The van der Waals surface area contributed by atoms with Crippen LogP contribution in [0.2, 0.25) is 0 Å². The lowest BCUT2D eigenvalue weighted by molar-refractivity contribution is -0.142. The number of ketones is 3. The molecule has 3 aromatic rings. The van der Waals surface area contributed by atoms with Crippen LogP contribution in [-0.2, 0) is 53.0 Å². The van der Waals surface area contributed by atoms with Crippen LogP contribution in [0.1, 0.15) is 118 Å². The van der Waals surface area contributed by atoms with Crippen LogP contribution >= 0.6 is 0 Å². The molecule has 12 nitrogen and oxygen atoms in total. The molecule has 0 heterocycles. The summed E-state index contributed by atoms with van der Waals surface area (Å²) in [6.45, 7) is 17.5. The van der Waals surface area contributed by atoms with Gasteiger partial charge in [0.05, 0.1) is 12.1 Å². The van der Waals surface area contributed by atoms with Crippen LogP contribution in [0.3, 0.4) is 0 Å². The second-order valence-electron chi connectivity index (χ2n) is 17.2. The van der Waals surface area contributed by atoms with E-state index in [1.807, 2.05) is 96.1 Å². The number of carbonyl (C=O) groups excluding carboxylic acids is 6. The molecule has 340 valence electrons. The summed E-state index contributed by atoms with van der Waals surface area (Å²) in [7, 11) is 0. The minimum absolute atomic E-state index is 0.0510. The van der Waals surface area contributed by atoms with Gasteiger partial charge in [-0.05, 0) is 86.0 Å². The highest BCUT2D eigenvalue weighted by Gasteiger charge is 2.28. The highest BCUT2D eigenvalue weighted by atomic mass is 16.5. The van der Waals surface area contributed by atoms with Crippen LogP contribution in [0.15, 0.2) is 78.9 Å². The summed E-state index contributed by atoms with van der Waals surface area (Å²) in [6.07, 6.45) is 4.40. The van der Waals surface area contributed by atoms with E-state index in [4.69, 9.17) is 10.5 Å². The lowest BCUT2D eigenvalue weighted by atomic mass is 9.90. The first kappa shape index (κ1) is 53.1. The number of carbonyl (C=O) groups is 6. The Labute approximate surface area is 370 Å². The molecule has 6 N–H and O–H groups in total. The number of hydrogen-bond donors (Lipinski definition) is 5. The zero-order valence-electron chi connectivity index (χ0n) is 38.6. The Morgan fingerprint density at radius 1 is 0.629 bits per heavy atom. The van der Waals surface area contributed by atoms with Gasteiger partial charge in [0.15, 0.2) is 11.6 Å². The molecule has 0 saturated heterocycles. The van der Waals surface area contributed by atoms with E-state index in [0.717, 1.165) is 29.5 Å². The number of ether oxygens (including phenoxy) is 1. The first-order valence-electron chi connectivity index (χ1n) is 22.1. The number of rotatable bonds is 26. The number of esters is 1. The normalized spacial score (nSPS) is 13.0. The average molecular weight is 856 g/mol. The van der Waals surface area contributed by atoms with E-state index in [-0.39, 0.29) is 84.7 Å². The minimum atomic E-state index is -0.423. The van der Waals surface area contributed by atoms with Crippen LogP contribution < -0.4 is 27.0 Å². The van der Waals surface area contributed by atoms with Gasteiger partial charge < -0.3 is 36.5 Å². The number of benzene rings is 3. The predicted octanol–water partition coefficient (Wildman–Crippen LogP) is 7.77. The van der Waals surface area contributed by atoms with Gasteiger partial charge in [-0.2, -0.15) is 0 Å².